The summed E-state index contributed by atoms with van der Waals surface area (Å²) in [5.41, 5.74) is 1.91. The summed E-state index contributed by atoms with van der Waals surface area (Å²) in [4.78, 5) is 19.0. The lowest BCUT2D eigenvalue weighted by atomic mass is 10.0. The number of pyridine rings is 1. The van der Waals surface area contributed by atoms with Crippen LogP contribution in [-0.4, -0.2) is 50.8 Å². The first kappa shape index (κ1) is 18.4. The fourth-order valence-corrected chi connectivity index (χ4v) is 3.12. The number of rotatable bonds is 7. The van der Waals surface area contributed by atoms with Gasteiger partial charge in [-0.1, -0.05) is 30.3 Å². The molecule has 1 aromatic heterocycles. The van der Waals surface area contributed by atoms with Crippen molar-refractivity contribution in [2.24, 2.45) is 0 Å². The first-order valence-corrected chi connectivity index (χ1v) is 9.04. The van der Waals surface area contributed by atoms with Gasteiger partial charge in [-0.15, -0.1) is 0 Å². The highest BCUT2D eigenvalue weighted by atomic mass is 16.5. The van der Waals surface area contributed by atoms with Gasteiger partial charge >= 0.3 is 0 Å². The van der Waals surface area contributed by atoms with E-state index in [1.54, 1.807) is 19.4 Å². The monoisotopic (exact) mass is 354 g/mol. The molecule has 1 saturated heterocycles. The second-order valence-corrected chi connectivity index (χ2v) is 6.37. The van der Waals surface area contributed by atoms with Crippen molar-refractivity contribution in [3.63, 3.8) is 0 Å². The molecule has 0 saturated carbocycles. The maximum Gasteiger partial charge on any atom is 0.251 e. The molecule has 138 valence electrons. The molecule has 3 rings (SSSR count). The molecule has 0 radical (unpaired) electrons. The van der Waals surface area contributed by atoms with Crippen LogP contribution < -0.4 is 15.5 Å². The standard InChI is InChI=1S/C20H26N4O2/c1-26-13-5-9-23-20(25)17-8-10-22-19(14-17)24-12-11-21-18(15-24)16-6-3-2-4-7-16/h2-4,6-8,10,14,18,21H,5,9,11-13,15H2,1H3,(H,23,25)/t18-/m1/s1. The number of aromatic nitrogens is 1. The largest absolute Gasteiger partial charge is 0.385 e. The van der Waals surface area contributed by atoms with Gasteiger partial charge in [-0.3, -0.25) is 4.79 Å². The van der Waals surface area contributed by atoms with Gasteiger partial charge in [0.15, 0.2) is 0 Å². The number of carbonyl (C=O) groups is 1. The third kappa shape index (κ3) is 4.80. The molecule has 1 amide bonds. The summed E-state index contributed by atoms with van der Waals surface area (Å²) in [7, 11) is 1.66. The number of nitrogens with one attached hydrogen (secondary N) is 2. The Morgan fingerprint density at radius 3 is 3.00 bits per heavy atom. The summed E-state index contributed by atoms with van der Waals surface area (Å²) in [5, 5.41) is 6.47. The highest BCUT2D eigenvalue weighted by Gasteiger charge is 2.22. The normalized spacial score (nSPS) is 17.1. The number of piperazine rings is 1. The predicted molar refractivity (Wildman–Crippen MR) is 102 cm³/mol. The van der Waals surface area contributed by atoms with Crippen molar-refractivity contribution in [2.45, 2.75) is 12.5 Å². The van der Waals surface area contributed by atoms with Crippen molar-refractivity contribution in [3.05, 3.63) is 59.8 Å². The van der Waals surface area contributed by atoms with Gasteiger partial charge in [-0.2, -0.15) is 0 Å². The highest BCUT2D eigenvalue weighted by molar-refractivity contribution is 5.94. The number of ether oxygens (including phenoxy) is 1. The van der Waals surface area contributed by atoms with Gasteiger partial charge in [0.2, 0.25) is 0 Å². The van der Waals surface area contributed by atoms with Crippen molar-refractivity contribution in [1.29, 1.82) is 0 Å². The van der Waals surface area contributed by atoms with Gasteiger partial charge in [0.1, 0.15) is 5.82 Å². The third-order valence-corrected chi connectivity index (χ3v) is 4.52. The van der Waals surface area contributed by atoms with Crippen LogP contribution in [-0.2, 0) is 4.74 Å². The molecule has 0 bridgehead atoms. The number of carbonyl (C=O) groups excluding carboxylic acids is 1. The number of nitrogens with zero attached hydrogens (tertiary/aromatic N) is 2. The van der Waals surface area contributed by atoms with Crippen LogP contribution >= 0.6 is 0 Å². The molecule has 2 N–H and O–H groups in total. The molecule has 1 atom stereocenters. The quantitative estimate of drug-likeness (QED) is 0.745. The summed E-state index contributed by atoms with van der Waals surface area (Å²) in [6, 6.07) is 14.3. The summed E-state index contributed by atoms with van der Waals surface area (Å²) >= 11 is 0. The summed E-state index contributed by atoms with van der Waals surface area (Å²) < 4.78 is 5.00. The number of hydrogen-bond acceptors (Lipinski definition) is 5. The van der Waals surface area contributed by atoms with E-state index in [9.17, 15) is 4.79 Å². The molecular weight excluding hydrogens is 328 g/mol. The molecule has 0 aliphatic carbocycles. The molecule has 1 aromatic carbocycles. The average Bonchev–Trinajstić information content (AvgIpc) is 2.72. The Labute approximate surface area is 154 Å². The summed E-state index contributed by atoms with van der Waals surface area (Å²) in [6.45, 7) is 3.83. The Hall–Kier alpha value is -2.44. The van der Waals surface area contributed by atoms with Crippen molar-refractivity contribution in [1.82, 2.24) is 15.6 Å². The third-order valence-electron chi connectivity index (χ3n) is 4.52. The molecule has 2 aromatic rings. The van der Waals surface area contributed by atoms with E-state index in [-0.39, 0.29) is 11.9 Å². The zero-order valence-electron chi connectivity index (χ0n) is 15.1. The number of methoxy groups -OCH3 is 1. The summed E-state index contributed by atoms with van der Waals surface area (Å²) in [6.07, 6.45) is 2.51. The lowest BCUT2D eigenvalue weighted by Crippen LogP contribution is -2.46. The van der Waals surface area contributed by atoms with E-state index in [0.717, 1.165) is 31.9 Å². The molecular formula is C20H26N4O2. The van der Waals surface area contributed by atoms with Gasteiger partial charge in [0.05, 0.1) is 0 Å². The zero-order chi connectivity index (χ0) is 18.2. The molecule has 1 fully saturated rings. The predicted octanol–water partition coefficient (Wildman–Crippen LogP) is 2.00. The van der Waals surface area contributed by atoms with Crippen LogP contribution in [0.1, 0.15) is 28.4 Å². The Balaban J connectivity index is 1.64. The first-order chi connectivity index (χ1) is 12.8. The SMILES string of the molecule is COCCCNC(=O)c1ccnc(N2CCN[C@@H](c3ccccc3)C2)c1. The summed E-state index contributed by atoms with van der Waals surface area (Å²) in [5.74, 6) is 0.775. The van der Waals surface area contributed by atoms with Crippen molar-refractivity contribution in [3.8, 4) is 0 Å². The maximum atomic E-state index is 12.3. The average molecular weight is 354 g/mol. The topological polar surface area (TPSA) is 66.5 Å². The van der Waals surface area contributed by atoms with Gasteiger partial charge in [0, 0.05) is 57.7 Å². The van der Waals surface area contributed by atoms with Crippen LogP contribution in [0.2, 0.25) is 0 Å². The van der Waals surface area contributed by atoms with E-state index in [2.05, 4.69) is 44.8 Å². The molecule has 1 aliphatic rings. The molecule has 2 heterocycles. The zero-order valence-corrected chi connectivity index (χ0v) is 15.1. The molecule has 0 unspecified atom stereocenters. The minimum Gasteiger partial charge on any atom is -0.385 e. The Morgan fingerprint density at radius 2 is 2.19 bits per heavy atom. The fraction of sp³-hybridized carbons (Fsp3) is 0.400. The van der Waals surface area contributed by atoms with E-state index in [1.165, 1.54) is 5.56 Å². The second-order valence-electron chi connectivity index (χ2n) is 6.37. The van der Waals surface area contributed by atoms with Crippen LogP contribution in [0.4, 0.5) is 5.82 Å². The van der Waals surface area contributed by atoms with Gasteiger partial charge < -0.3 is 20.3 Å². The lowest BCUT2D eigenvalue weighted by molar-refractivity contribution is 0.0948. The van der Waals surface area contributed by atoms with Crippen molar-refractivity contribution < 1.29 is 9.53 Å². The number of amides is 1. The molecule has 6 nitrogen and oxygen atoms in total. The van der Waals surface area contributed by atoms with E-state index in [1.807, 2.05) is 12.1 Å². The fourth-order valence-electron chi connectivity index (χ4n) is 3.12. The molecule has 1 aliphatic heterocycles. The van der Waals surface area contributed by atoms with Gasteiger partial charge in [0.25, 0.3) is 5.91 Å². The Bertz CT molecular complexity index is 708. The highest BCUT2D eigenvalue weighted by Crippen LogP contribution is 2.21. The first-order valence-electron chi connectivity index (χ1n) is 9.04. The van der Waals surface area contributed by atoms with Crippen LogP contribution in [0.5, 0.6) is 0 Å². The van der Waals surface area contributed by atoms with E-state index in [4.69, 9.17) is 4.74 Å². The molecule has 6 heteroatoms. The van der Waals surface area contributed by atoms with Crippen LogP contribution in [0.15, 0.2) is 48.7 Å². The van der Waals surface area contributed by atoms with E-state index < -0.39 is 0 Å². The maximum absolute atomic E-state index is 12.3. The van der Waals surface area contributed by atoms with Crippen molar-refractivity contribution in [2.75, 3.05) is 44.8 Å². The number of benzene rings is 1. The van der Waals surface area contributed by atoms with Crippen LogP contribution in [0.3, 0.4) is 0 Å². The van der Waals surface area contributed by atoms with E-state index >= 15 is 0 Å². The van der Waals surface area contributed by atoms with E-state index in [0.29, 0.717) is 18.7 Å². The Morgan fingerprint density at radius 1 is 1.35 bits per heavy atom. The molecule has 0 spiro atoms. The number of anilines is 1. The molecule has 26 heavy (non-hydrogen) atoms. The lowest BCUT2D eigenvalue weighted by Gasteiger charge is -2.34. The van der Waals surface area contributed by atoms with Crippen LogP contribution in [0.25, 0.3) is 0 Å². The minimum atomic E-state index is -0.0699. The van der Waals surface area contributed by atoms with Gasteiger partial charge in [-0.25, -0.2) is 4.98 Å². The minimum absolute atomic E-state index is 0.0699. The Kier molecular flexibility index (Phi) is 6.57. The van der Waals surface area contributed by atoms with Crippen molar-refractivity contribution >= 4 is 11.7 Å². The second kappa shape index (κ2) is 9.31. The van der Waals surface area contributed by atoms with Gasteiger partial charge in [-0.05, 0) is 24.1 Å². The smallest absolute Gasteiger partial charge is 0.251 e. The van der Waals surface area contributed by atoms with Crippen LogP contribution in [0, 0.1) is 0 Å². The number of hydrogen-bond donors (Lipinski definition) is 2.